The van der Waals surface area contributed by atoms with Gasteiger partial charge in [0.1, 0.15) is 5.82 Å². The monoisotopic (exact) mass is 408 g/mol. The predicted octanol–water partition coefficient (Wildman–Crippen LogP) is 6.21. The molecule has 4 nitrogen and oxygen atoms in total. The molecule has 0 fully saturated rings. The van der Waals surface area contributed by atoms with Crippen molar-refractivity contribution in [2.45, 2.75) is 0 Å². The van der Waals surface area contributed by atoms with Crippen LogP contribution in [0.1, 0.15) is 10.5 Å². The van der Waals surface area contributed by atoms with Crippen molar-refractivity contribution in [1.82, 2.24) is 9.55 Å². The van der Waals surface area contributed by atoms with Gasteiger partial charge in [-0.15, -0.1) is 0 Å². The van der Waals surface area contributed by atoms with E-state index in [9.17, 15) is 9.90 Å². The lowest BCUT2D eigenvalue weighted by atomic mass is 10.1. The van der Waals surface area contributed by atoms with E-state index in [4.69, 9.17) is 23.2 Å². The fourth-order valence-electron chi connectivity index (χ4n) is 3.09. The van der Waals surface area contributed by atoms with Gasteiger partial charge in [0.05, 0.1) is 5.69 Å². The maximum atomic E-state index is 12.0. The molecule has 0 saturated carbocycles. The minimum Gasteiger partial charge on any atom is -0.476 e. The Morgan fingerprint density at radius 1 is 0.821 bits per heavy atom. The molecule has 0 spiro atoms. The first-order chi connectivity index (χ1) is 13.5. The van der Waals surface area contributed by atoms with E-state index < -0.39 is 5.97 Å². The highest BCUT2D eigenvalue weighted by atomic mass is 35.5. The fraction of sp³-hybridized carbons (Fsp3) is 0. The number of hydrogen-bond acceptors (Lipinski definition) is 2. The van der Waals surface area contributed by atoms with Crippen molar-refractivity contribution >= 4 is 29.2 Å². The van der Waals surface area contributed by atoms with Gasteiger partial charge in [-0.3, -0.25) is 4.57 Å². The van der Waals surface area contributed by atoms with Crippen LogP contribution in [-0.4, -0.2) is 20.6 Å². The molecule has 0 saturated heterocycles. The average Bonchev–Trinajstić information content (AvgIpc) is 3.10. The zero-order valence-electron chi connectivity index (χ0n) is 14.5. The summed E-state index contributed by atoms with van der Waals surface area (Å²) >= 11 is 12.2. The van der Waals surface area contributed by atoms with Gasteiger partial charge in [-0.05, 0) is 36.4 Å². The Morgan fingerprint density at radius 2 is 1.50 bits per heavy atom. The van der Waals surface area contributed by atoms with Crippen molar-refractivity contribution in [3.8, 4) is 28.3 Å². The number of rotatable bonds is 4. The number of hydrogen-bond donors (Lipinski definition) is 1. The molecular formula is C22H14Cl2N2O2. The highest BCUT2D eigenvalue weighted by Gasteiger charge is 2.25. The number of nitrogens with zero attached hydrogens (tertiary/aromatic N) is 2. The number of carboxylic acids is 1. The lowest BCUT2D eigenvalue weighted by Gasteiger charge is -2.13. The molecule has 1 heterocycles. The molecule has 138 valence electrons. The van der Waals surface area contributed by atoms with Gasteiger partial charge in [-0.1, -0.05) is 65.7 Å². The third-order valence-corrected chi connectivity index (χ3v) is 4.78. The summed E-state index contributed by atoms with van der Waals surface area (Å²) in [5.41, 5.74) is 2.62. The summed E-state index contributed by atoms with van der Waals surface area (Å²) in [6, 6.07) is 23.7. The van der Waals surface area contributed by atoms with E-state index in [1.54, 1.807) is 30.3 Å². The predicted molar refractivity (Wildman–Crippen MR) is 111 cm³/mol. The van der Waals surface area contributed by atoms with Crippen molar-refractivity contribution in [2.24, 2.45) is 0 Å². The van der Waals surface area contributed by atoms with E-state index in [1.807, 2.05) is 53.1 Å². The lowest BCUT2D eigenvalue weighted by Crippen LogP contribution is -2.03. The third-order valence-electron chi connectivity index (χ3n) is 4.29. The van der Waals surface area contributed by atoms with Gasteiger partial charge < -0.3 is 5.11 Å². The van der Waals surface area contributed by atoms with Crippen LogP contribution in [0, 0.1) is 0 Å². The van der Waals surface area contributed by atoms with Crippen molar-refractivity contribution in [1.29, 1.82) is 0 Å². The molecule has 4 aromatic rings. The maximum Gasteiger partial charge on any atom is 0.356 e. The molecule has 4 rings (SSSR count). The Bertz CT molecular complexity index is 1150. The minimum atomic E-state index is -1.11. The van der Waals surface area contributed by atoms with Crippen LogP contribution in [0.2, 0.25) is 10.0 Å². The van der Waals surface area contributed by atoms with Crippen molar-refractivity contribution < 1.29 is 9.90 Å². The molecule has 0 bridgehead atoms. The van der Waals surface area contributed by atoms with E-state index in [0.29, 0.717) is 27.1 Å². The summed E-state index contributed by atoms with van der Waals surface area (Å²) in [5, 5.41) is 10.9. The summed E-state index contributed by atoms with van der Waals surface area (Å²) in [6.45, 7) is 0. The van der Waals surface area contributed by atoms with Gasteiger partial charge in [0.2, 0.25) is 0 Å². The van der Waals surface area contributed by atoms with Gasteiger partial charge in [-0.25, -0.2) is 9.78 Å². The summed E-state index contributed by atoms with van der Waals surface area (Å²) < 4.78 is 1.82. The zero-order chi connectivity index (χ0) is 19.7. The Labute approximate surface area is 171 Å². The van der Waals surface area contributed by atoms with Gasteiger partial charge in [0.15, 0.2) is 5.69 Å². The summed E-state index contributed by atoms with van der Waals surface area (Å²) in [6.07, 6.45) is 0. The second kappa shape index (κ2) is 7.50. The van der Waals surface area contributed by atoms with Gasteiger partial charge in [-0.2, -0.15) is 0 Å². The quantitative estimate of drug-likeness (QED) is 0.436. The summed E-state index contributed by atoms with van der Waals surface area (Å²) in [5.74, 6) is -0.588. The molecule has 1 aromatic heterocycles. The Balaban J connectivity index is 2.09. The van der Waals surface area contributed by atoms with Crippen molar-refractivity contribution in [2.75, 3.05) is 0 Å². The number of benzene rings is 3. The van der Waals surface area contributed by atoms with Crippen molar-refractivity contribution in [3.63, 3.8) is 0 Å². The highest BCUT2D eigenvalue weighted by Crippen LogP contribution is 2.34. The molecule has 0 aliphatic carbocycles. The van der Waals surface area contributed by atoms with Gasteiger partial charge in [0.25, 0.3) is 0 Å². The lowest BCUT2D eigenvalue weighted by molar-refractivity contribution is 0.0692. The number of aromatic nitrogens is 2. The molecule has 0 atom stereocenters. The van der Waals surface area contributed by atoms with Crippen LogP contribution in [0.25, 0.3) is 28.3 Å². The summed E-state index contributed by atoms with van der Waals surface area (Å²) in [4.78, 5) is 16.5. The highest BCUT2D eigenvalue weighted by molar-refractivity contribution is 6.31. The van der Waals surface area contributed by atoms with Crippen LogP contribution >= 0.6 is 23.2 Å². The van der Waals surface area contributed by atoms with E-state index in [-0.39, 0.29) is 5.69 Å². The van der Waals surface area contributed by atoms with Crippen LogP contribution in [0.5, 0.6) is 0 Å². The molecule has 1 N–H and O–H groups in total. The molecule has 0 aliphatic heterocycles. The normalized spacial score (nSPS) is 10.8. The SMILES string of the molecule is O=C(O)c1nc(-c2ccccc2)n(-c2ccc(Cl)cc2)c1-c1cccc(Cl)c1. The first kappa shape index (κ1) is 18.3. The molecule has 0 aliphatic rings. The van der Waals surface area contributed by atoms with Gasteiger partial charge in [0, 0.05) is 26.9 Å². The number of aromatic carboxylic acids is 1. The second-order valence-electron chi connectivity index (χ2n) is 6.13. The van der Waals surface area contributed by atoms with Crippen LogP contribution in [-0.2, 0) is 0 Å². The molecule has 6 heteroatoms. The number of imidazole rings is 1. The number of carbonyl (C=O) groups is 1. The second-order valence-corrected chi connectivity index (χ2v) is 7.00. The molecule has 28 heavy (non-hydrogen) atoms. The minimum absolute atomic E-state index is 0.0453. The Kier molecular flexibility index (Phi) is 4.90. The molecule has 0 radical (unpaired) electrons. The smallest absolute Gasteiger partial charge is 0.356 e. The van der Waals surface area contributed by atoms with Gasteiger partial charge >= 0.3 is 5.97 Å². The van der Waals surface area contributed by atoms with E-state index in [0.717, 1.165) is 11.3 Å². The average molecular weight is 409 g/mol. The standard InChI is InChI=1S/C22H14Cl2N2O2/c23-16-9-11-18(12-10-16)26-20(15-7-4-8-17(24)13-15)19(22(27)28)25-21(26)14-5-2-1-3-6-14/h1-13H,(H,27,28). The van der Waals surface area contributed by atoms with E-state index in [1.165, 1.54) is 0 Å². The van der Waals surface area contributed by atoms with Crippen molar-refractivity contribution in [3.05, 3.63) is 94.6 Å². The third kappa shape index (κ3) is 3.40. The van der Waals surface area contributed by atoms with Crippen LogP contribution in [0.4, 0.5) is 0 Å². The van der Waals surface area contributed by atoms with E-state index in [2.05, 4.69) is 4.98 Å². The number of halogens is 2. The zero-order valence-corrected chi connectivity index (χ0v) is 16.0. The van der Waals surface area contributed by atoms with E-state index >= 15 is 0 Å². The van der Waals surface area contributed by atoms with Crippen LogP contribution in [0.3, 0.4) is 0 Å². The summed E-state index contributed by atoms with van der Waals surface area (Å²) in [7, 11) is 0. The fourth-order valence-corrected chi connectivity index (χ4v) is 3.41. The molecular weight excluding hydrogens is 395 g/mol. The van der Waals surface area contributed by atoms with Crippen LogP contribution < -0.4 is 0 Å². The maximum absolute atomic E-state index is 12.0. The molecule has 3 aromatic carbocycles. The number of carboxylic acid groups (broad SMARTS) is 1. The Morgan fingerprint density at radius 3 is 2.14 bits per heavy atom. The van der Waals surface area contributed by atoms with Crippen LogP contribution in [0.15, 0.2) is 78.9 Å². The molecule has 0 unspecified atom stereocenters. The topological polar surface area (TPSA) is 55.1 Å². The first-order valence-corrected chi connectivity index (χ1v) is 9.23. The molecule has 0 amide bonds. The Hall–Kier alpha value is -3.08. The first-order valence-electron chi connectivity index (χ1n) is 8.48. The largest absolute Gasteiger partial charge is 0.476 e.